The minimum absolute atomic E-state index is 0.0415. The van der Waals surface area contributed by atoms with Gasteiger partial charge in [-0.1, -0.05) is 46.0 Å². The summed E-state index contributed by atoms with van der Waals surface area (Å²) in [6, 6.07) is -0.712. The Balaban J connectivity index is 4.58. The summed E-state index contributed by atoms with van der Waals surface area (Å²) in [5.74, 6) is -1.79. The number of rotatable bonds is 19. The van der Waals surface area contributed by atoms with Gasteiger partial charge in [-0.3, -0.25) is 9.59 Å². The molecule has 0 radical (unpaired) electrons. The molecule has 8 heteroatoms. The van der Waals surface area contributed by atoms with Crippen molar-refractivity contribution in [2.45, 2.75) is 90.2 Å². The predicted molar refractivity (Wildman–Crippen MR) is 116 cm³/mol. The fraction of sp³-hybridized carbons (Fsp3) is 0.870. The molecule has 0 spiro atoms. The molecular formula is C23H43NO7. The lowest BCUT2D eigenvalue weighted by atomic mass is 10.1. The number of carboxylic acids is 1. The molecule has 2 atom stereocenters. The number of nitrogens with zero attached hydrogens (tertiary/aromatic N) is 1. The lowest BCUT2D eigenvalue weighted by molar-refractivity contribution is -0.889. The van der Waals surface area contributed by atoms with Crippen LogP contribution in [0.2, 0.25) is 0 Å². The highest BCUT2D eigenvalue weighted by molar-refractivity contribution is 5.70. The second kappa shape index (κ2) is 17.0. The number of hydrogen-bond donors (Lipinski definition) is 0. The highest BCUT2D eigenvalue weighted by Crippen LogP contribution is 2.09. The van der Waals surface area contributed by atoms with Gasteiger partial charge in [-0.2, -0.15) is 0 Å². The van der Waals surface area contributed by atoms with Gasteiger partial charge in [0.2, 0.25) is 0 Å². The number of hydrogen-bond acceptors (Lipinski definition) is 7. The molecule has 0 N–H and O–H groups in total. The Morgan fingerprint density at radius 2 is 1.42 bits per heavy atom. The number of ether oxygens (including phenoxy) is 3. The number of unbranched alkanes of at least 4 members (excludes halogenated alkanes) is 5. The molecule has 0 bridgehead atoms. The second-order valence-corrected chi connectivity index (χ2v) is 8.88. The van der Waals surface area contributed by atoms with E-state index >= 15 is 0 Å². The van der Waals surface area contributed by atoms with Gasteiger partial charge in [-0.15, -0.1) is 0 Å². The van der Waals surface area contributed by atoms with Crippen molar-refractivity contribution in [1.29, 1.82) is 0 Å². The fourth-order valence-corrected chi connectivity index (χ4v) is 3.07. The molecule has 0 fully saturated rings. The first-order valence-corrected chi connectivity index (χ1v) is 11.6. The van der Waals surface area contributed by atoms with Gasteiger partial charge in [0.05, 0.1) is 40.3 Å². The van der Waals surface area contributed by atoms with Crippen LogP contribution in [-0.2, 0) is 28.6 Å². The van der Waals surface area contributed by atoms with Crippen LogP contribution < -0.4 is 5.11 Å². The maximum Gasteiger partial charge on any atom is 0.306 e. The Hall–Kier alpha value is -1.67. The van der Waals surface area contributed by atoms with E-state index in [0.29, 0.717) is 12.8 Å². The van der Waals surface area contributed by atoms with Gasteiger partial charge in [-0.05, 0) is 12.8 Å². The van der Waals surface area contributed by atoms with Crippen molar-refractivity contribution in [2.24, 2.45) is 0 Å². The van der Waals surface area contributed by atoms with Crippen molar-refractivity contribution in [3.63, 3.8) is 0 Å². The van der Waals surface area contributed by atoms with Crippen LogP contribution in [-0.4, -0.2) is 75.5 Å². The van der Waals surface area contributed by atoms with Crippen LogP contribution in [0.4, 0.5) is 0 Å². The molecule has 182 valence electrons. The van der Waals surface area contributed by atoms with E-state index < -0.39 is 18.1 Å². The zero-order valence-electron chi connectivity index (χ0n) is 20.2. The molecule has 0 aliphatic carbocycles. The smallest absolute Gasteiger partial charge is 0.306 e. The Bertz CT molecular complexity index is 517. The molecule has 0 aromatic rings. The molecule has 0 aliphatic rings. The number of carboxylic acid groups (broad SMARTS) is 1. The Morgan fingerprint density at radius 3 is 2.00 bits per heavy atom. The molecule has 31 heavy (non-hydrogen) atoms. The first kappa shape index (κ1) is 29.3. The third-order valence-corrected chi connectivity index (χ3v) is 4.99. The number of carbonyl (C=O) groups excluding carboxylic acids is 3. The molecule has 0 amide bonds. The van der Waals surface area contributed by atoms with Gasteiger partial charge in [0.1, 0.15) is 12.6 Å². The molecule has 8 nitrogen and oxygen atoms in total. The fourth-order valence-electron chi connectivity index (χ4n) is 3.07. The third kappa shape index (κ3) is 15.7. The number of aliphatic carboxylic acids is 1. The van der Waals surface area contributed by atoms with Crippen LogP contribution in [0, 0.1) is 0 Å². The van der Waals surface area contributed by atoms with E-state index in [4.69, 9.17) is 14.2 Å². The minimum atomic E-state index is -1.13. The summed E-state index contributed by atoms with van der Waals surface area (Å²) in [5, 5.41) is 11.3. The average molecular weight is 446 g/mol. The summed E-state index contributed by atoms with van der Waals surface area (Å²) in [4.78, 5) is 35.3. The molecule has 0 aromatic heterocycles. The number of quaternary nitrogens is 1. The van der Waals surface area contributed by atoms with Crippen LogP contribution in [0.25, 0.3) is 0 Å². The SMILES string of the molecule is CCCCCCC(=O)OC(COCCC(C(=O)[O-])[N+](C)(C)C)COC(=O)CCCCC. The summed E-state index contributed by atoms with van der Waals surface area (Å²) < 4.78 is 16.5. The van der Waals surface area contributed by atoms with Gasteiger partial charge >= 0.3 is 11.9 Å². The van der Waals surface area contributed by atoms with Crippen molar-refractivity contribution < 1.29 is 38.2 Å². The Kier molecular flexibility index (Phi) is 16.0. The Labute approximate surface area is 187 Å². The molecule has 0 heterocycles. The van der Waals surface area contributed by atoms with Crippen molar-refractivity contribution in [2.75, 3.05) is 41.0 Å². The Morgan fingerprint density at radius 1 is 0.839 bits per heavy atom. The van der Waals surface area contributed by atoms with Gasteiger partial charge in [0.15, 0.2) is 6.10 Å². The molecule has 0 rings (SSSR count). The first-order chi connectivity index (χ1) is 14.6. The van der Waals surface area contributed by atoms with Crippen molar-refractivity contribution in [3.05, 3.63) is 0 Å². The van der Waals surface area contributed by atoms with E-state index in [2.05, 4.69) is 13.8 Å². The van der Waals surface area contributed by atoms with E-state index in [1.165, 1.54) is 0 Å². The maximum atomic E-state index is 12.1. The summed E-state index contributed by atoms with van der Waals surface area (Å²) in [6.07, 6.45) is 6.82. The largest absolute Gasteiger partial charge is 0.544 e. The molecule has 2 unspecified atom stereocenters. The lowest BCUT2D eigenvalue weighted by Gasteiger charge is -2.34. The third-order valence-electron chi connectivity index (χ3n) is 4.99. The predicted octanol–water partition coefficient (Wildman–Crippen LogP) is 2.22. The summed E-state index contributed by atoms with van der Waals surface area (Å²) in [5.41, 5.74) is 0. The summed E-state index contributed by atoms with van der Waals surface area (Å²) >= 11 is 0. The van der Waals surface area contributed by atoms with Crippen molar-refractivity contribution in [1.82, 2.24) is 0 Å². The quantitative estimate of drug-likeness (QED) is 0.171. The molecule has 0 saturated heterocycles. The zero-order valence-corrected chi connectivity index (χ0v) is 20.2. The van der Waals surface area contributed by atoms with Crippen molar-refractivity contribution >= 4 is 17.9 Å². The normalized spacial score (nSPS) is 13.5. The number of carbonyl (C=O) groups is 3. The van der Waals surface area contributed by atoms with Crippen LogP contribution in [0.15, 0.2) is 0 Å². The molecule has 0 aromatic carbocycles. The molecular weight excluding hydrogens is 402 g/mol. The summed E-state index contributed by atoms with van der Waals surface area (Å²) in [7, 11) is 5.34. The average Bonchev–Trinajstić information content (AvgIpc) is 2.67. The van der Waals surface area contributed by atoms with E-state index in [0.717, 1.165) is 44.9 Å². The highest BCUT2D eigenvalue weighted by atomic mass is 16.6. The van der Waals surface area contributed by atoms with Gasteiger partial charge in [-0.25, -0.2) is 0 Å². The van der Waals surface area contributed by atoms with E-state index in [-0.39, 0.29) is 42.7 Å². The topological polar surface area (TPSA) is 102 Å². The van der Waals surface area contributed by atoms with Crippen LogP contribution >= 0.6 is 0 Å². The number of likely N-dealkylation sites (N-methyl/N-ethyl adjacent to an activating group) is 1. The lowest BCUT2D eigenvalue weighted by Crippen LogP contribution is -2.55. The molecule has 0 saturated carbocycles. The van der Waals surface area contributed by atoms with Crippen LogP contribution in [0.3, 0.4) is 0 Å². The van der Waals surface area contributed by atoms with Gasteiger partial charge < -0.3 is 28.6 Å². The maximum absolute atomic E-state index is 12.1. The van der Waals surface area contributed by atoms with Gasteiger partial charge in [0.25, 0.3) is 0 Å². The zero-order chi connectivity index (χ0) is 23.7. The highest BCUT2D eigenvalue weighted by Gasteiger charge is 2.25. The second-order valence-electron chi connectivity index (χ2n) is 8.88. The van der Waals surface area contributed by atoms with Gasteiger partial charge in [0, 0.05) is 19.3 Å². The first-order valence-electron chi connectivity index (χ1n) is 11.6. The van der Waals surface area contributed by atoms with E-state index in [1.807, 2.05) is 0 Å². The number of esters is 2. The standard InChI is InChI=1S/C23H43NO7/c1-6-8-10-12-14-22(26)31-19(18-30-21(25)13-11-9-7-2)17-29-16-15-20(23(27)28)24(3,4)5/h19-20H,6-18H2,1-5H3. The monoisotopic (exact) mass is 445 g/mol. The van der Waals surface area contributed by atoms with Crippen molar-refractivity contribution in [3.8, 4) is 0 Å². The van der Waals surface area contributed by atoms with Crippen LogP contribution in [0.1, 0.15) is 78.1 Å². The minimum Gasteiger partial charge on any atom is -0.544 e. The summed E-state index contributed by atoms with van der Waals surface area (Å²) in [6.45, 7) is 4.31. The van der Waals surface area contributed by atoms with Crippen LogP contribution in [0.5, 0.6) is 0 Å². The molecule has 0 aliphatic heterocycles. The van der Waals surface area contributed by atoms with E-state index in [9.17, 15) is 19.5 Å². The van der Waals surface area contributed by atoms with E-state index in [1.54, 1.807) is 21.1 Å².